The number of hydrogen-bond donors (Lipinski definition) is 5. The summed E-state index contributed by atoms with van der Waals surface area (Å²) in [6, 6.07) is 8.11. The number of ether oxygens (including phenoxy) is 2. The van der Waals surface area contributed by atoms with Crippen LogP contribution < -0.4 is 25.8 Å². The molecular weight excluding hydrogens is 666 g/mol. The molecule has 2 aromatic carbocycles. The average Bonchev–Trinajstić information content (AvgIpc) is 3.38. The number of sulfonamides is 1. The first-order chi connectivity index (χ1) is 23.5. The Balaban J connectivity index is 1.58. The maximum atomic E-state index is 13.5. The number of carboxylic acids is 1. The minimum absolute atomic E-state index is 0.0310. The lowest BCUT2D eigenvalue weighted by Crippen LogP contribution is -2.47. The van der Waals surface area contributed by atoms with Gasteiger partial charge in [0.1, 0.15) is 24.0 Å². The van der Waals surface area contributed by atoms with Gasteiger partial charge in [-0.05, 0) is 77.0 Å². The van der Waals surface area contributed by atoms with Crippen LogP contribution in [0, 0.1) is 20.8 Å². The van der Waals surface area contributed by atoms with Gasteiger partial charge in [-0.3, -0.25) is 24.2 Å². The monoisotopic (exact) mass is 715 g/mol. The molecule has 6 N–H and O–H groups in total. The van der Waals surface area contributed by atoms with Crippen molar-refractivity contribution in [1.82, 2.24) is 15.4 Å². The maximum Gasteiger partial charge on any atom is 0.306 e. The number of aliphatic imine (C=N–C) groups is 1. The van der Waals surface area contributed by atoms with E-state index >= 15 is 0 Å². The summed E-state index contributed by atoms with van der Waals surface area (Å²) in [4.78, 5) is 52.8. The summed E-state index contributed by atoms with van der Waals surface area (Å²) in [6.45, 7) is 9.54. The van der Waals surface area contributed by atoms with Crippen molar-refractivity contribution in [2.75, 3.05) is 13.1 Å². The van der Waals surface area contributed by atoms with Gasteiger partial charge in [-0.15, -0.1) is 0 Å². The molecule has 1 aliphatic rings. The number of esters is 1. The Bertz CT molecular complexity index is 1690. The van der Waals surface area contributed by atoms with E-state index in [1.165, 1.54) is 0 Å². The number of unbranched alkanes of at least 4 members (excludes halogenated alkanes) is 1. The highest BCUT2D eigenvalue weighted by Crippen LogP contribution is 2.43. The van der Waals surface area contributed by atoms with Crippen molar-refractivity contribution in [3.05, 3.63) is 58.1 Å². The molecule has 14 nitrogen and oxygen atoms in total. The molecule has 0 unspecified atom stereocenters. The molecule has 2 aromatic rings. The molecule has 0 saturated carbocycles. The predicted molar refractivity (Wildman–Crippen MR) is 187 cm³/mol. The number of carbonyl (C=O) groups is 4. The number of carboxylic acid groups (broad SMARTS) is 1. The van der Waals surface area contributed by atoms with Crippen LogP contribution in [0.3, 0.4) is 0 Å². The van der Waals surface area contributed by atoms with E-state index in [2.05, 4.69) is 20.3 Å². The number of fused-ring (bicyclic) bond motifs is 1. The fourth-order valence-electron chi connectivity index (χ4n) is 5.68. The van der Waals surface area contributed by atoms with Crippen LogP contribution in [0.15, 0.2) is 40.2 Å². The Hall–Kier alpha value is -4.66. The number of guanidine groups is 1. The third-order valence-electron chi connectivity index (χ3n) is 8.30. The van der Waals surface area contributed by atoms with Gasteiger partial charge in [0.25, 0.3) is 10.0 Å². The van der Waals surface area contributed by atoms with Crippen LogP contribution in [0.25, 0.3) is 0 Å². The van der Waals surface area contributed by atoms with Crippen LogP contribution in [0.5, 0.6) is 5.75 Å². The lowest BCUT2D eigenvalue weighted by atomic mass is 9.93. The fraction of sp³-hybridized carbons (Fsp3) is 0.514. The molecule has 3 rings (SSSR count). The van der Waals surface area contributed by atoms with E-state index in [0.29, 0.717) is 36.1 Å². The number of rotatable bonds is 18. The number of benzene rings is 2. The normalized spacial score (nSPS) is 14.2. The molecule has 0 radical (unpaired) electrons. The first-order valence-corrected chi connectivity index (χ1v) is 18.1. The highest BCUT2D eigenvalue weighted by Gasteiger charge is 2.36. The SMILES string of the molecule is Cc1c(C)c(S(=O)(=O)NC(N)=NCCC[C@H](NC(=O)CCC(=O)OCc2ccccc2)C(=O)NCCCCC(=O)O)c(C)c2c1CC(C)(C)O2. The van der Waals surface area contributed by atoms with Crippen LogP contribution in [-0.2, 0) is 47.0 Å². The molecule has 1 heterocycles. The Labute approximate surface area is 293 Å². The second-order valence-corrected chi connectivity index (χ2v) is 14.6. The minimum atomic E-state index is -4.12. The van der Waals surface area contributed by atoms with Gasteiger partial charge in [0.05, 0.1) is 11.3 Å². The molecule has 15 heteroatoms. The minimum Gasteiger partial charge on any atom is -0.487 e. The topological polar surface area (TPSA) is 216 Å². The van der Waals surface area contributed by atoms with Gasteiger partial charge in [-0.25, -0.2) is 13.1 Å². The Morgan fingerprint density at radius 1 is 1.00 bits per heavy atom. The third-order valence-corrected chi connectivity index (χ3v) is 9.93. The lowest BCUT2D eigenvalue weighted by Gasteiger charge is -2.20. The number of nitrogens with zero attached hydrogens (tertiary/aromatic N) is 1. The van der Waals surface area contributed by atoms with Crippen molar-refractivity contribution in [2.45, 2.75) is 109 Å². The quantitative estimate of drug-likeness (QED) is 0.0658. The summed E-state index contributed by atoms with van der Waals surface area (Å²) in [6.07, 6.45) is 1.43. The molecule has 0 bridgehead atoms. The van der Waals surface area contributed by atoms with Gasteiger partial charge in [-0.2, -0.15) is 0 Å². The summed E-state index contributed by atoms with van der Waals surface area (Å²) in [7, 11) is -4.12. The van der Waals surface area contributed by atoms with Gasteiger partial charge in [0.2, 0.25) is 17.8 Å². The van der Waals surface area contributed by atoms with E-state index in [4.69, 9.17) is 20.3 Å². The van der Waals surface area contributed by atoms with Crippen LogP contribution in [0.2, 0.25) is 0 Å². The van der Waals surface area contributed by atoms with Gasteiger partial charge >= 0.3 is 11.9 Å². The van der Waals surface area contributed by atoms with Crippen molar-refractivity contribution < 1.29 is 42.2 Å². The number of amides is 2. The molecule has 0 spiro atoms. The fourth-order valence-corrected chi connectivity index (χ4v) is 7.18. The smallest absolute Gasteiger partial charge is 0.306 e. The molecule has 0 saturated heterocycles. The van der Waals surface area contributed by atoms with Crippen molar-refractivity contribution in [1.29, 1.82) is 0 Å². The zero-order valence-corrected chi connectivity index (χ0v) is 30.2. The first-order valence-electron chi connectivity index (χ1n) is 16.6. The largest absolute Gasteiger partial charge is 0.487 e. The highest BCUT2D eigenvalue weighted by molar-refractivity contribution is 7.90. The van der Waals surface area contributed by atoms with Crippen LogP contribution >= 0.6 is 0 Å². The maximum absolute atomic E-state index is 13.5. The standard InChI is InChI=1S/C35H49N5O9S/c1-22-23(2)32(24(3)31-26(22)20-35(4,5)49-31)50(46,47)40-34(36)38-19-11-14-27(33(45)37-18-10-9-15-29(42)43)39-28(41)16-17-30(44)48-21-25-12-7-6-8-13-25/h6-8,12-13,27H,9-11,14-21H2,1-5H3,(H,37,45)(H,39,41)(H,42,43)(H3,36,38,40)/t27-/m0/s1. The van der Waals surface area contributed by atoms with Crippen LogP contribution in [0.4, 0.5) is 0 Å². The molecule has 1 atom stereocenters. The van der Waals surface area contributed by atoms with Gasteiger partial charge in [0, 0.05) is 43.5 Å². The summed E-state index contributed by atoms with van der Waals surface area (Å²) < 4.78 is 40.6. The van der Waals surface area contributed by atoms with E-state index in [9.17, 15) is 27.6 Å². The average molecular weight is 716 g/mol. The number of nitrogens with two attached hydrogens (primary N) is 1. The summed E-state index contributed by atoms with van der Waals surface area (Å²) in [5.74, 6) is -2.29. The van der Waals surface area contributed by atoms with Gasteiger partial charge in [0.15, 0.2) is 0 Å². The molecule has 274 valence electrons. The van der Waals surface area contributed by atoms with E-state index < -0.39 is 45.4 Å². The van der Waals surface area contributed by atoms with E-state index in [1.54, 1.807) is 13.8 Å². The summed E-state index contributed by atoms with van der Waals surface area (Å²) >= 11 is 0. The van der Waals surface area contributed by atoms with Crippen LogP contribution in [0.1, 0.15) is 86.6 Å². The number of aliphatic carboxylic acids is 1. The second kappa shape index (κ2) is 17.8. The lowest BCUT2D eigenvalue weighted by molar-refractivity contribution is -0.146. The Morgan fingerprint density at radius 3 is 2.38 bits per heavy atom. The zero-order valence-electron chi connectivity index (χ0n) is 29.4. The van der Waals surface area contributed by atoms with Crippen molar-refractivity contribution in [3.63, 3.8) is 0 Å². The van der Waals surface area contributed by atoms with Crippen molar-refractivity contribution >= 4 is 39.7 Å². The Morgan fingerprint density at radius 2 is 1.70 bits per heavy atom. The van der Waals surface area contributed by atoms with E-state index in [1.807, 2.05) is 51.1 Å². The van der Waals surface area contributed by atoms with Crippen molar-refractivity contribution in [3.8, 4) is 5.75 Å². The Kier molecular flexibility index (Phi) is 14.2. The zero-order chi connectivity index (χ0) is 37.1. The van der Waals surface area contributed by atoms with Crippen LogP contribution in [-0.4, -0.2) is 68.0 Å². The second-order valence-electron chi connectivity index (χ2n) is 13.0. The van der Waals surface area contributed by atoms with E-state index in [-0.39, 0.29) is 62.7 Å². The highest BCUT2D eigenvalue weighted by atomic mass is 32.2. The molecule has 1 aliphatic heterocycles. The van der Waals surface area contributed by atoms with Gasteiger partial charge in [-0.1, -0.05) is 30.3 Å². The number of nitrogens with one attached hydrogen (secondary N) is 3. The number of hydrogen-bond acceptors (Lipinski definition) is 9. The molecule has 50 heavy (non-hydrogen) atoms. The summed E-state index contributed by atoms with van der Waals surface area (Å²) in [5, 5.41) is 14.2. The molecule has 0 aromatic heterocycles. The van der Waals surface area contributed by atoms with Crippen molar-refractivity contribution in [2.24, 2.45) is 10.7 Å². The molecule has 0 aliphatic carbocycles. The van der Waals surface area contributed by atoms with Gasteiger partial charge < -0.3 is 30.9 Å². The molecule has 2 amide bonds. The molecule has 0 fully saturated rings. The summed E-state index contributed by atoms with van der Waals surface area (Å²) in [5.41, 5.74) is 9.25. The molecular formula is C35H49N5O9S. The first kappa shape index (κ1) is 39.8. The third kappa shape index (κ3) is 11.7. The predicted octanol–water partition coefficient (Wildman–Crippen LogP) is 3.08. The number of carbonyl (C=O) groups excluding carboxylic acids is 3. The van der Waals surface area contributed by atoms with E-state index in [0.717, 1.165) is 16.7 Å².